The summed E-state index contributed by atoms with van der Waals surface area (Å²) in [5, 5.41) is 21.8. The van der Waals surface area contributed by atoms with Crippen molar-refractivity contribution in [2.24, 2.45) is 0 Å². The van der Waals surface area contributed by atoms with Crippen molar-refractivity contribution >= 4 is 28.3 Å². The molecule has 0 saturated heterocycles. The van der Waals surface area contributed by atoms with Crippen LogP contribution in [0, 0.1) is 11.6 Å². The minimum atomic E-state index is -3.09. The van der Waals surface area contributed by atoms with Gasteiger partial charge in [0.1, 0.15) is 28.7 Å². The molecule has 0 saturated carbocycles. The molecule has 4 aromatic rings. The number of aliphatic hydroxyl groups excluding tert-OH is 1. The van der Waals surface area contributed by atoms with Gasteiger partial charge in [0.25, 0.3) is 6.43 Å². The van der Waals surface area contributed by atoms with Crippen LogP contribution in [0.15, 0.2) is 42.9 Å². The zero-order valence-electron chi connectivity index (χ0n) is 19.0. The monoisotopic (exact) mass is 521 g/mol. The van der Waals surface area contributed by atoms with Crippen LogP contribution in [0.4, 0.5) is 23.2 Å². The van der Waals surface area contributed by atoms with Crippen LogP contribution in [0.3, 0.4) is 0 Å². The van der Waals surface area contributed by atoms with Gasteiger partial charge in [-0.3, -0.25) is 4.98 Å². The first-order valence-corrected chi connectivity index (χ1v) is 11.0. The molecule has 1 atom stereocenters. The van der Waals surface area contributed by atoms with E-state index >= 15 is 0 Å². The number of halogens is 5. The molecule has 3 N–H and O–H groups in total. The van der Waals surface area contributed by atoms with E-state index in [4.69, 9.17) is 11.6 Å². The molecular weight excluding hydrogens is 502 g/mol. The average Bonchev–Trinajstić information content (AvgIpc) is 2.83. The van der Waals surface area contributed by atoms with Crippen LogP contribution in [0.2, 0.25) is 5.02 Å². The number of aromatic nitrogens is 4. The van der Waals surface area contributed by atoms with Crippen molar-refractivity contribution in [3.63, 3.8) is 0 Å². The van der Waals surface area contributed by atoms with Crippen molar-refractivity contribution < 1.29 is 27.8 Å². The van der Waals surface area contributed by atoms with Crippen LogP contribution in [0.5, 0.6) is 0 Å². The zero-order chi connectivity index (χ0) is 26.2. The van der Waals surface area contributed by atoms with E-state index in [2.05, 4.69) is 25.3 Å². The Hall–Kier alpha value is -3.41. The van der Waals surface area contributed by atoms with Gasteiger partial charge in [0.2, 0.25) is 0 Å². The molecule has 12 heteroatoms. The molecule has 3 aromatic heterocycles. The summed E-state index contributed by atoms with van der Waals surface area (Å²) in [6.07, 6.45) is 0.577. The normalized spacial score (nSPS) is 12.8. The predicted molar refractivity (Wildman–Crippen MR) is 125 cm³/mol. The van der Waals surface area contributed by atoms with E-state index in [1.54, 1.807) is 0 Å². The van der Waals surface area contributed by atoms with Crippen molar-refractivity contribution in [1.29, 1.82) is 0 Å². The molecule has 0 bridgehead atoms. The summed E-state index contributed by atoms with van der Waals surface area (Å²) in [4.78, 5) is 16.4. The lowest BCUT2D eigenvalue weighted by atomic mass is 10.0. The molecule has 1 aromatic carbocycles. The summed E-state index contributed by atoms with van der Waals surface area (Å²) in [5.74, 6) is -1.59. The van der Waals surface area contributed by atoms with Crippen LogP contribution in [-0.4, -0.2) is 36.6 Å². The maximum Gasteiger partial charge on any atom is 0.262 e. The Labute approximate surface area is 207 Å². The van der Waals surface area contributed by atoms with Crippen molar-refractivity contribution in [2.75, 3.05) is 5.32 Å². The van der Waals surface area contributed by atoms with Crippen molar-refractivity contribution in [3.05, 3.63) is 76.5 Å². The first-order chi connectivity index (χ1) is 17.0. The molecule has 0 aliphatic heterocycles. The summed E-state index contributed by atoms with van der Waals surface area (Å²) in [7, 11) is 0. The Bertz CT molecular complexity index is 1410. The minimum Gasteiger partial charge on any atom is -0.392 e. The maximum atomic E-state index is 14.9. The number of hydrogen-bond acceptors (Lipinski definition) is 7. The number of nitrogens with one attached hydrogen (secondary N) is 1. The molecular formula is C24H20ClF4N5O2. The third-order valence-corrected chi connectivity index (χ3v) is 5.64. The van der Waals surface area contributed by atoms with Crippen molar-refractivity contribution in [1.82, 2.24) is 19.9 Å². The maximum absolute atomic E-state index is 14.9. The van der Waals surface area contributed by atoms with Gasteiger partial charge in [-0.25, -0.2) is 32.5 Å². The summed E-state index contributed by atoms with van der Waals surface area (Å²) in [5.41, 5.74) is -1.69. The average molecular weight is 522 g/mol. The lowest BCUT2D eigenvalue weighted by molar-refractivity contribution is 0.0687. The second-order valence-electron chi connectivity index (χ2n) is 8.49. The number of anilines is 1. The Balaban J connectivity index is 1.83. The first kappa shape index (κ1) is 25.7. The van der Waals surface area contributed by atoms with Crippen LogP contribution in [-0.2, 0) is 12.2 Å². The molecule has 0 aliphatic rings. The predicted octanol–water partition coefficient (Wildman–Crippen LogP) is 5.16. The van der Waals surface area contributed by atoms with Gasteiger partial charge in [-0.05, 0) is 31.5 Å². The van der Waals surface area contributed by atoms with Crippen LogP contribution >= 0.6 is 11.6 Å². The number of rotatable bonds is 7. The highest BCUT2D eigenvalue weighted by Crippen LogP contribution is 2.36. The Morgan fingerprint density at radius 2 is 1.72 bits per heavy atom. The quantitative estimate of drug-likeness (QED) is 0.289. The van der Waals surface area contributed by atoms with E-state index in [0.717, 1.165) is 24.4 Å². The molecule has 188 valence electrons. The fraction of sp³-hybridized carbons (Fsp3) is 0.250. The van der Waals surface area contributed by atoms with Gasteiger partial charge in [-0.2, -0.15) is 0 Å². The van der Waals surface area contributed by atoms with Crippen molar-refractivity contribution in [3.8, 4) is 11.3 Å². The number of fused-ring (bicyclic) bond motifs is 1. The number of nitrogens with zero attached hydrogens (tertiary/aromatic N) is 4. The molecule has 0 fully saturated rings. The third-order valence-electron chi connectivity index (χ3n) is 5.35. The summed E-state index contributed by atoms with van der Waals surface area (Å²) in [6.45, 7) is 2.50. The third kappa shape index (κ3) is 5.08. The topological polar surface area (TPSA) is 104 Å². The number of pyridine rings is 2. The highest BCUT2D eigenvalue weighted by atomic mass is 35.5. The fourth-order valence-corrected chi connectivity index (χ4v) is 3.73. The van der Waals surface area contributed by atoms with Crippen molar-refractivity contribution in [2.45, 2.75) is 38.5 Å². The van der Waals surface area contributed by atoms with Gasteiger partial charge in [0.05, 0.1) is 22.8 Å². The smallest absolute Gasteiger partial charge is 0.262 e. The van der Waals surface area contributed by atoms with E-state index in [9.17, 15) is 27.8 Å². The van der Waals surface area contributed by atoms with E-state index < -0.39 is 41.9 Å². The minimum absolute atomic E-state index is 0.00905. The van der Waals surface area contributed by atoms with E-state index in [-0.39, 0.29) is 44.4 Å². The number of alkyl halides is 2. The molecule has 3 heterocycles. The molecule has 0 amide bonds. The molecule has 4 rings (SSSR count). The molecule has 36 heavy (non-hydrogen) atoms. The standard InChI is InChI=1S/C24H20ClF4N5O2/c1-24(2,36)23-31-7-12(8-32-23)18-16(27)6-17-21(33-18)20(14(25)9-30-17)34-19(22(28)29)13-5-11(10-35)3-4-15(13)26/h3-9,19,22,35-36H,10H2,1-2H3,(H,30,34)/t19-/m1/s1. The van der Waals surface area contributed by atoms with Gasteiger partial charge in [-0.15, -0.1) is 0 Å². The molecule has 0 aliphatic carbocycles. The van der Waals surface area contributed by atoms with E-state index in [1.165, 1.54) is 32.3 Å². The molecule has 0 spiro atoms. The van der Waals surface area contributed by atoms with Gasteiger partial charge in [0, 0.05) is 35.8 Å². The van der Waals surface area contributed by atoms with Gasteiger partial charge < -0.3 is 15.5 Å². The molecule has 7 nitrogen and oxygen atoms in total. The second kappa shape index (κ2) is 9.92. The SMILES string of the molecule is CC(C)(O)c1ncc(-c2nc3c(N[C@H](c4cc(CO)ccc4F)C(F)F)c(Cl)cnc3cc2F)cn1. The first-order valence-electron chi connectivity index (χ1n) is 10.6. The molecule has 0 radical (unpaired) electrons. The van der Waals surface area contributed by atoms with E-state index in [0.29, 0.717) is 0 Å². The Morgan fingerprint density at radius 1 is 1.03 bits per heavy atom. The second-order valence-corrected chi connectivity index (χ2v) is 8.90. The molecule has 0 unspecified atom stereocenters. The van der Waals surface area contributed by atoms with E-state index in [1.807, 2.05) is 0 Å². The number of aliphatic hydroxyl groups is 2. The van der Waals surface area contributed by atoms with Crippen LogP contribution < -0.4 is 5.32 Å². The van der Waals surface area contributed by atoms with Gasteiger partial charge in [0.15, 0.2) is 11.6 Å². The largest absolute Gasteiger partial charge is 0.392 e. The number of hydrogen-bond donors (Lipinski definition) is 3. The summed E-state index contributed by atoms with van der Waals surface area (Å²) < 4.78 is 57.6. The highest BCUT2D eigenvalue weighted by Gasteiger charge is 2.28. The van der Waals surface area contributed by atoms with Crippen LogP contribution in [0.25, 0.3) is 22.3 Å². The summed E-state index contributed by atoms with van der Waals surface area (Å²) >= 11 is 6.26. The van der Waals surface area contributed by atoms with Crippen LogP contribution in [0.1, 0.15) is 36.8 Å². The number of benzene rings is 1. The van der Waals surface area contributed by atoms with Gasteiger partial charge in [-0.1, -0.05) is 17.7 Å². The van der Waals surface area contributed by atoms with Gasteiger partial charge >= 0.3 is 0 Å². The Morgan fingerprint density at radius 3 is 2.33 bits per heavy atom. The lowest BCUT2D eigenvalue weighted by Gasteiger charge is -2.22. The summed E-state index contributed by atoms with van der Waals surface area (Å²) in [6, 6.07) is 2.55. The fourth-order valence-electron chi connectivity index (χ4n) is 3.53. The lowest BCUT2D eigenvalue weighted by Crippen LogP contribution is -2.21. The Kier molecular flexibility index (Phi) is 7.07. The highest BCUT2D eigenvalue weighted by molar-refractivity contribution is 6.34. The zero-order valence-corrected chi connectivity index (χ0v) is 19.7.